The van der Waals surface area contributed by atoms with Crippen LogP contribution in [0.15, 0.2) is 6.07 Å². The van der Waals surface area contributed by atoms with E-state index in [0.717, 1.165) is 5.69 Å². The summed E-state index contributed by atoms with van der Waals surface area (Å²) < 4.78 is 5.06. The Bertz CT molecular complexity index is 258. The topological polar surface area (TPSA) is 35.0 Å². The van der Waals surface area contributed by atoms with Gasteiger partial charge in [0.25, 0.3) is 0 Å². The van der Waals surface area contributed by atoms with Crippen molar-refractivity contribution < 1.29 is 4.74 Å². The van der Waals surface area contributed by atoms with Gasteiger partial charge in [0.05, 0.1) is 0 Å². The van der Waals surface area contributed by atoms with Gasteiger partial charge in [0, 0.05) is 12.8 Å². The highest BCUT2D eigenvalue weighted by molar-refractivity contribution is 6.29. The minimum Gasteiger partial charge on any atom is -0.374 e. The molecule has 0 aliphatic rings. The van der Waals surface area contributed by atoms with Crippen molar-refractivity contribution in [2.24, 2.45) is 0 Å². The van der Waals surface area contributed by atoms with E-state index in [9.17, 15) is 0 Å². The predicted octanol–water partition coefficient (Wildman–Crippen LogP) is 2.15. The maximum atomic E-state index is 5.74. The standard InChI is InChI=1S/C8H11ClN2O/c1-5-4-7(9)11-8(10-5)6(2)12-3/h4,6H,1-3H3. The van der Waals surface area contributed by atoms with Crippen molar-refractivity contribution in [3.05, 3.63) is 22.7 Å². The first-order chi connectivity index (χ1) is 5.63. The smallest absolute Gasteiger partial charge is 0.158 e. The number of nitrogens with zero attached hydrogens (tertiary/aromatic N) is 2. The summed E-state index contributed by atoms with van der Waals surface area (Å²) in [6, 6.07) is 1.72. The molecule has 0 aliphatic carbocycles. The second kappa shape index (κ2) is 3.83. The predicted molar refractivity (Wildman–Crippen MR) is 47.2 cm³/mol. The molecule has 0 spiro atoms. The highest BCUT2D eigenvalue weighted by atomic mass is 35.5. The molecule has 1 atom stereocenters. The van der Waals surface area contributed by atoms with Crippen molar-refractivity contribution in [1.29, 1.82) is 0 Å². The van der Waals surface area contributed by atoms with Crippen LogP contribution in [-0.2, 0) is 4.74 Å². The van der Waals surface area contributed by atoms with Crippen LogP contribution in [0.3, 0.4) is 0 Å². The van der Waals surface area contributed by atoms with Crippen LogP contribution in [0.4, 0.5) is 0 Å². The molecule has 0 saturated heterocycles. The van der Waals surface area contributed by atoms with E-state index in [1.165, 1.54) is 0 Å². The van der Waals surface area contributed by atoms with E-state index in [1.807, 2.05) is 13.8 Å². The van der Waals surface area contributed by atoms with Gasteiger partial charge in [-0.2, -0.15) is 0 Å². The van der Waals surface area contributed by atoms with Crippen LogP contribution in [0.5, 0.6) is 0 Å². The number of ether oxygens (including phenoxy) is 1. The number of hydrogen-bond acceptors (Lipinski definition) is 3. The molecule has 1 rings (SSSR count). The van der Waals surface area contributed by atoms with Crippen molar-refractivity contribution in [3.8, 4) is 0 Å². The maximum Gasteiger partial charge on any atom is 0.158 e. The summed E-state index contributed by atoms with van der Waals surface area (Å²) in [6.45, 7) is 3.75. The van der Waals surface area contributed by atoms with Gasteiger partial charge >= 0.3 is 0 Å². The molecule has 3 nitrogen and oxygen atoms in total. The number of rotatable bonds is 2. The number of aromatic nitrogens is 2. The Hall–Kier alpha value is -0.670. The third kappa shape index (κ3) is 2.16. The van der Waals surface area contributed by atoms with Crippen molar-refractivity contribution in [3.63, 3.8) is 0 Å². The number of halogens is 1. The molecule has 1 aromatic rings. The van der Waals surface area contributed by atoms with E-state index in [0.29, 0.717) is 11.0 Å². The summed E-state index contributed by atoms with van der Waals surface area (Å²) in [5.41, 5.74) is 0.855. The number of methoxy groups -OCH3 is 1. The van der Waals surface area contributed by atoms with Gasteiger partial charge in [0.15, 0.2) is 5.82 Å². The van der Waals surface area contributed by atoms with Crippen LogP contribution in [0.2, 0.25) is 5.15 Å². The molecule has 4 heteroatoms. The third-order valence-electron chi connectivity index (χ3n) is 1.56. The zero-order chi connectivity index (χ0) is 9.14. The lowest BCUT2D eigenvalue weighted by Gasteiger charge is -2.08. The quantitative estimate of drug-likeness (QED) is 0.664. The first-order valence-corrected chi connectivity index (χ1v) is 4.05. The second-order valence-corrected chi connectivity index (χ2v) is 2.96. The SMILES string of the molecule is COC(C)c1nc(C)cc(Cl)n1. The van der Waals surface area contributed by atoms with Crippen molar-refractivity contribution in [2.75, 3.05) is 7.11 Å². The summed E-state index contributed by atoms with van der Waals surface area (Å²) in [5, 5.41) is 0.460. The molecule has 0 aromatic carbocycles. The summed E-state index contributed by atoms with van der Waals surface area (Å²) in [4.78, 5) is 8.22. The number of hydrogen-bond donors (Lipinski definition) is 0. The molecule has 0 N–H and O–H groups in total. The fraction of sp³-hybridized carbons (Fsp3) is 0.500. The Morgan fingerprint density at radius 1 is 1.50 bits per heavy atom. The van der Waals surface area contributed by atoms with Crippen LogP contribution >= 0.6 is 11.6 Å². The molecule has 0 aliphatic heterocycles. The summed E-state index contributed by atoms with van der Waals surface area (Å²) in [5.74, 6) is 0.627. The van der Waals surface area contributed by atoms with Crippen molar-refractivity contribution >= 4 is 11.6 Å². The summed E-state index contributed by atoms with van der Waals surface area (Å²) in [6.07, 6.45) is -0.109. The van der Waals surface area contributed by atoms with Gasteiger partial charge in [0.2, 0.25) is 0 Å². The van der Waals surface area contributed by atoms with Crippen LogP contribution < -0.4 is 0 Å². The Morgan fingerprint density at radius 2 is 2.17 bits per heavy atom. The lowest BCUT2D eigenvalue weighted by atomic mass is 10.3. The average molecular weight is 187 g/mol. The molecule has 0 fully saturated rings. The monoisotopic (exact) mass is 186 g/mol. The Morgan fingerprint density at radius 3 is 2.67 bits per heavy atom. The van der Waals surface area contributed by atoms with E-state index in [1.54, 1.807) is 13.2 Å². The lowest BCUT2D eigenvalue weighted by molar-refractivity contribution is 0.112. The van der Waals surface area contributed by atoms with E-state index < -0.39 is 0 Å². The first kappa shape index (κ1) is 9.42. The zero-order valence-corrected chi connectivity index (χ0v) is 8.09. The Kier molecular flexibility index (Phi) is 3.00. The minimum absolute atomic E-state index is 0.109. The Balaban J connectivity index is 3.00. The van der Waals surface area contributed by atoms with Crippen molar-refractivity contribution in [1.82, 2.24) is 9.97 Å². The number of aryl methyl sites for hydroxylation is 1. The average Bonchev–Trinajstić information content (AvgIpc) is 2.01. The van der Waals surface area contributed by atoms with Gasteiger partial charge in [0.1, 0.15) is 11.3 Å². The highest BCUT2D eigenvalue weighted by Gasteiger charge is 2.08. The van der Waals surface area contributed by atoms with Gasteiger partial charge in [-0.1, -0.05) is 11.6 Å². The van der Waals surface area contributed by atoms with Gasteiger partial charge in [-0.25, -0.2) is 9.97 Å². The third-order valence-corrected chi connectivity index (χ3v) is 1.75. The van der Waals surface area contributed by atoms with Crippen LogP contribution in [0, 0.1) is 6.92 Å². The van der Waals surface area contributed by atoms with Crippen LogP contribution in [0.25, 0.3) is 0 Å². The summed E-state index contributed by atoms with van der Waals surface area (Å²) in [7, 11) is 1.62. The van der Waals surface area contributed by atoms with Gasteiger partial charge < -0.3 is 4.74 Å². The van der Waals surface area contributed by atoms with E-state index in [4.69, 9.17) is 16.3 Å². The Labute approximate surface area is 76.7 Å². The molecule has 0 saturated carbocycles. The molecule has 1 aromatic heterocycles. The molecule has 1 unspecified atom stereocenters. The van der Waals surface area contributed by atoms with E-state index in [-0.39, 0.29) is 6.10 Å². The lowest BCUT2D eigenvalue weighted by Crippen LogP contribution is -2.03. The van der Waals surface area contributed by atoms with Crippen molar-refractivity contribution in [2.45, 2.75) is 20.0 Å². The van der Waals surface area contributed by atoms with Gasteiger partial charge in [-0.05, 0) is 19.9 Å². The zero-order valence-electron chi connectivity index (χ0n) is 7.34. The first-order valence-electron chi connectivity index (χ1n) is 3.67. The highest BCUT2D eigenvalue weighted by Crippen LogP contribution is 2.14. The largest absolute Gasteiger partial charge is 0.374 e. The molecule has 0 bridgehead atoms. The minimum atomic E-state index is -0.109. The fourth-order valence-electron chi connectivity index (χ4n) is 0.839. The van der Waals surface area contributed by atoms with Gasteiger partial charge in [-0.15, -0.1) is 0 Å². The van der Waals surface area contributed by atoms with Crippen LogP contribution in [0.1, 0.15) is 24.5 Å². The maximum absolute atomic E-state index is 5.74. The molecule has 0 radical (unpaired) electrons. The normalized spacial score (nSPS) is 13.0. The molecular formula is C8H11ClN2O. The van der Waals surface area contributed by atoms with E-state index >= 15 is 0 Å². The second-order valence-electron chi connectivity index (χ2n) is 2.57. The molecule has 66 valence electrons. The molecular weight excluding hydrogens is 176 g/mol. The fourth-order valence-corrected chi connectivity index (χ4v) is 1.08. The molecule has 0 amide bonds. The molecule has 12 heavy (non-hydrogen) atoms. The molecule has 1 heterocycles. The van der Waals surface area contributed by atoms with E-state index in [2.05, 4.69) is 9.97 Å². The summed E-state index contributed by atoms with van der Waals surface area (Å²) >= 11 is 5.74. The van der Waals surface area contributed by atoms with Gasteiger partial charge in [-0.3, -0.25) is 0 Å². The van der Waals surface area contributed by atoms with Crippen LogP contribution in [-0.4, -0.2) is 17.1 Å².